The number of carbonyl (C=O) groups excluding carboxylic acids is 1. The van der Waals surface area contributed by atoms with Gasteiger partial charge in [-0.2, -0.15) is 0 Å². The number of hydrogen-bond donors (Lipinski definition) is 3. The van der Waals surface area contributed by atoms with E-state index in [1.807, 2.05) is 0 Å². The van der Waals surface area contributed by atoms with Crippen molar-refractivity contribution in [1.82, 2.24) is 0 Å². The van der Waals surface area contributed by atoms with Crippen LogP contribution in [0.5, 0.6) is 0 Å². The SMILES string of the molecule is CCCCCCCCCCC(=O)O[C@H]1[C@H](O)[C@H](O)CO[C@@H]1CO. The van der Waals surface area contributed by atoms with Gasteiger partial charge in [0, 0.05) is 6.42 Å². The van der Waals surface area contributed by atoms with Crippen LogP contribution in [0.2, 0.25) is 0 Å². The molecule has 1 fully saturated rings. The first-order chi connectivity index (χ1) is 11.1. The first-order valence-electron chi connectivity index (χ1n) is 8.88. The fourth-order valence-corrected chi connectivity index (χ4v) is 2.77. The van der Waals surface area contributed by atoms with Gasteiger partial charge in [-0.3, -0.25) is 4.79 Å². The maximum atomic E-state index is 11.8. The topological polar surface area (TPSA) is 96.2 Å². The molecule has 0 amide bonds. The molecule has 0 unspecified atom stereocenters. The first-order valence-corrected chi connectivity index (χ1v) is 8.88. The second kappa shape index (κ2) is 11.8. The first kappa shape index (κ1) is 20.4. The number of esters is 1. The van der Waals surface area contributed by atoms with Gasteiger partial charge in [-0.1, -0.05) is 51.9 Å². The molecule has 0 aromatic carbocycles. The Bertz CT molecular complexity index is 320. The highest BCUT2D eigenvalue weighted by atomic mass is 16.6. The Hall–Kier alpha value is -0.690. The molecular weight excluding hydrogens is 300 g/mol. The quantitative estimate of drug-likeness (QED) is 0.392. The Morgan fingerprint density at radius 2 is 1.70 bits per heavy atom. The van der Waals surface area contributed by atoms with Gasteiger partial charge in [0.2, 0.25) is 0 Å². The van der Waals surface area contributed by atoms with Crippen LogP contribution in [0.4, 0.5) is 0 Å². The van der Waals surface area contributed by atoms with E-state index < -0.39 is 30.4 Å². The summed E-state index contributed by atoms with van der Waals surface area (Å²) in [5, 5.41) is 28.6. The summed E-state index contributed by atoms with van der Waals surface area (Å²) in [6, 6.07) is 0. The molecule has 136 valence electrons. The molecule has 1 rings (SSSR count). The van der Waals surface area contributed by atoms with E-state index in [1.165, 1.54) is 32.1 Å². The molecule has 0 spiro atoms. The summed E-state index contributed by atoms with van der Waals surface area (Å²) in [6.45, 7) is 1.76. The van der Waals surface area contributed by atoms with E-state index in [9.17, 15) is 20.1 Å². The summed E-state index contributed by atoms with van der Waals surface area (Å²) in [5.41, 5.74) is 0. The molecule has 6 nitrogen and oxygen atoms in total. The van der Waals surface area contributed by atoms with Gasteiger partial charge >= 0.3 is 5.97 Å². The molecule has 0 radical (unpaired) electrons. The number of rotatable bonds is 11. The number of hydrogen-bond acceptors (Lipinski definition) is 6. The zero-order chi connectivity index (χ0) is 17.1. The van der Waals surface area contributed by atoms with Gasteiger partial charge in [0.1, 0.15) is 18.3 Å². The molecule has 23 heavy (non-hydrogen) atoms. The van der Waals surface area contributed by atoms with Gasteiger partial charge in [0.25, 0.3) is 0 Å². The summed E-state index contributed by atoms with van der Waals surface area (Å²) in [6.07, 6.45) is 5.29. The van der Waals surface area contributed by atoms with Crippen LogP contribution in [0.25, 0.3) is 0 Å². The Morgan fingerprint density at radius 1 is 1.09 bits per heavy atom. The standard InChI is InChI=1S/C17H32O6/c1-2-3-4-5-6-7-8-9-10-15(20)23-17-14(11-18)22-12-13(19)16(17)21/h13-14,16-19,21H,2-12H2,1H3/t13-,14-,16-,17-/m1/s1. The van der Waals surface area contributed by atoms with Gasteiger partial charge in [0.15, 0.2) is 6.10 Å². The highest BCUT2D eigenvalue weighted by Gasteiger charge is 2.41. The average Bonchev–Trinajstić information content (AvgIpc) is 2.54. The highest BCUT2D eigenvalue weighted by molar-refractivity contribution is 5.69. The zero-order valence-corrected chi connectivity index (χ0v) is 14.2. The van der Waals surface area contributed by atoms with Crippen LogP contribution in [-0.4, -0.2) is 58.9 Å². The van der Waals surface area contributed by atoms with E-state index in [4.69, 9.17) is 9.47 Å². The monoisotopic (exact) mass is 332 g/mol. The number of aliphatic hydroxyl groups excluding tert-OH is 3. The van der Waals surface area contributed by atoms with E-state index >= 15 is 0 Å². The van der Waals surface area contributed by atoms with Crippen LogP contribution in [0, 0.1) is 0 Å². The normalized spacial score (nSPS) is 27.8. The molecule has 0 aromatic heterocycles. The summed E-state index contributed by atoms with van der Waals surface area (Å²) in [4.78, 5) is 11.8. The molecule has 1 saturated heterocycles. The Morgan fingerprint density at radius 3 is 2.30 bits per heavy atom. The van der Waals surface area contributed by atoms with Gasteiger partial charge in [0.05, 0.1) is 13.2 Å². The lowest BCUT2D eigenvalue weighted by Gasteiger charge is -2.36. The van der Waals surface area contributed by atoms with E-state index in [0.29, 0.717) is 0 Å². The minimum absolute atomic E-state index is 0.0710. The van der Waals surface area contributed by atoms with E-state index in [1.54, 1.807) is 0 Å². The lowest BCUT2D eigenvalue weighted by Crippen LogP contribution is -2.55. The van der Waals surface area contributed by atoms with Crippen LogP contribution in [0.1, 0.15) is 64.7 Å². The molecule has 0 bridgehead atoms. The van der Waals surface area contributed by atoms with Crippen LogP contribution in [0.3, 0.4) is 0 Å². The maximum absolute atomic E-state index is 11.8. The summed E-state index contributed by atoms with van der Waals surface area (Å²) in [7, 11) is 0. The fraction of sp³-hybridized carbons (Fsp3) is 0.941. The Labute approximate surface area is 138 Å². The Balaban J connectivity index is 2.17. The second-order valence-corrected chi connectivity index (χ2v) is 6.29. The van der Waals surface area contributed by atoms with Crippen molar-refractivity contribution in [3.63, 3.8) is 0 Å². The summed E-state index contributed by atoms with van der Waals surface area (Å²) >= 11 is 0. The largest absolute Gasteiger partial charge is 0.457 e. The van der Waals surface area contributed by atoms with Crippen molar-refractivity contribution in [2.75, 3.05) is 13.2 Å². The number of unbranched alkanes of at least 4 members (excludes halogenated alkanes) is 7. The van der Waals surface area contributed by atoms with Crippen molar-refractivity contribution in [2.45, 2.75) is 89.1 Å². The molecule has 6 heteroatoms. The molecule has 0 saturated carbocycles. The zero-order valence-electron chi connectivity index (χ0n) is 14.2. The highest BCUT2D eigenvalue weighted by Crippen LogP contribution is 2.20. The number of aliphatic hydroxyl groups is 3. The van der Waals surface area contributed by atoms with E-state index in [2.05, 4.69) is 6.92 Å². The predicted octanol–water partition coefficient (Wildman–Crippen LogP) is 1.54. The van der Waals surface area contributed by atoms with Gasteiger partial charge < -0.3 is 24.8 Å². The minimum atomic E-state index is -1.22. The number of ether oxygens (including phenoxy) is 2. The Kier molecular flexibility index (Phi) is 10.4. The van der Waals surface area contributed by atoms with Gasteiger partial charge in [-0.25, -0.2) is 0 Å². The molecule has 1 aliphatic heterocycles. The van der Waals surface area contributed by atoms with Crippen molar-refractivity contribution in [3.05, 3.63) is 0 Å². The summed E-state index contributed by atoms with van der Waals surface area (Å²) in [5.74, 6) is -0.420. The van der Waals surface area contributed by atoms with Crippen LogP contribution < -0.4 is 0 Å². The van der Waals surface area contributed by atoms with Crippen LogP contribution in [0.15, 0.2) is 0 Å². The molecule has 3 N–H and O–H groups in total. The fourth-order valence-electron chi connectivity index (χ4n) is 2.77. The third-order valence-electron chi connectivity index (χ3n) is 4.26. The molecule has 1 heterocycles. The van der Waals surface area contributed by atoms with Crippen molar-refractivity contribution >= 4 is 5.97 Å². The van der Waals surface area contributed by atoms with E-state index in [-0.39, 0.29) is 19.6 Å². The van der Waals surface area contributed by atoms with Crippen molar-refractivity contribution in [3.8, 4) is 0 Å². The van der Waals surface area contributed by atoms with Crippen LogP contribution in [-0.2, 0) is 14.3 Å². The molecule has 1 aliphatic rings. The number of carbonyl (C=O) groups is 1. The minimum Gasteiger partial charge on any atom is -0.457 e. The third kappa shape index (κ3) is 7.61. The van der Waals surface area contributed by atoms with E-state index in [0.717, 1.165) is 19.3 Å². The smallest absolute Gasteiger partial charge is 0.306 e. The third-order valence-corrected chi connectivity index (χ3v) is 4.26. The van der Waals surface area contributed by atoms with Gasteiger partial charge in [-0.15, -0.1) is 0 Å². The van der Waals surface area contributed by atoms with Crippen molar-refractivity contribution < 1.29 is 29.6 Å². The molecule has 0 aliphatic carbocycles. The lowest BCUT2D eigenvalue weighted by atomic mass is 10.0. The molecule has 4 atom stereocenters. The average molecular weight is 332 g/mol. The second-order valence-electron chi connectivity index (χ2n) is 6.29. The van der Waals surface area contributed by atoms with Crippen LogP contribution >= 0.6 is 0 Å². The van der Waals surface area contributed by atoms with Crippen molar-refractivity contribution in [2.24, 2.45) is 0 Å². The molecular formula is C17H32O6. The lowest BCUT2D eigenvalue weighted by molar-refractivity contribution is -0.213. The summed E-state index contributed by atoms with van der Waals surface area (Å²) < 4.78 is 10.4. The van der Waals surface area contributed by atoms with Gasteiger partial charge in [-0.05, 0) is 6.42 Å². The maximum Gasteiger partial charge on any atom is 0.306 e. The predicted molar refractivity (Wildman–Crippen MR) is 85.9 cm³/mol. The van der Waals surface area contributed by atoms with Crippen molar-refractivity contribution in [1.29, 1.82) is 0 Å². The molecule has 0 aromatic rings.